The van der Waals surface area contributed by atoms with Crippen molar-refractivity contribution in [3.63, 3.8) is 0 Å². The molecule has 0 heterocycles. The van der Waals surface area contributed by atoms with Crippen LogP contribution in [0.25, 0.3) is 0 Å². The second-order valence-electron chi connectivity index (χ2n) is 6.51. The van der Waals surface area contributed by atoms with Crippen molar-refractivity contribution in [2.45, 2.75) is 69.4 Å². The molecule has 0 aromatic carbocycles. The van der Waals surface area contributed by atoms with E-state index in [1.165, 1.54) is 57.8 Å². The van der Waals surface area contributed by atoms with Crippen LogP contribution in [0.3, 0.4) is 0 Å². The third-order valence-electron chi connectivity index (χ3n) is 5.43. The molecule has 3 fully saturated rings. The standard InChI is InChI=1S/C15H27NO/c1-17-15(9-4-10-15)11-16-14-6-3-2-5-13(14)12-7-8-12/h12-14,16H,2-11H2,1H3/t13-,14-/m1/s1. The van der Waals surface area contributed by atoms with Crippen LogP contribution >= 0.6 is 0 Å². The maximum Gasteiger partial charge on any atom is 0.0802 e. The molecular weight excluding hydrogens is 210 g/mol. The first-order chi connectivity index (χ1) is 8.33. The quantitative estimate of drug-likeness (QED) is 0.793. The maximum atomic E-state index is 5.71. The molecule has 3 aliphatic rings. The van der Waals surface area contributed by atoms with Crippen molar-refractivity contribution in [1.82, 2.24) is 5.32 Å². The average molecular weight is 237 g/mol. The average Bonchev–Trinajstić information content (AvgIpc) is 3.13. The number of rotatable bonds is 5. The van der Waals surface area contributed by atoms with Crippen molar-refractivity contribution >= 4 is 0 Å². The molecule has 0 amide bonds. The van der Waals surface area contributed by atoms with E-state index in [-0.39, 0.29) is 5.60 Å². The van der Waals surface area contributed by atoms with Crippen LogP contribution in [0.1, 0.15) is 57.8 Å². The van der Waals surface area contributed by atoms with Gasteiger partial charge in [-0.2, -0.15) is 0 Å². The molecule has 0 bridgehead atoms. The predicted octanol–water partition coefficient (Wildman–Crippen LogP) is 3.11. The number of ether oxygens (including phenoxy) is 1. The lowest BCUT2D eigenvalue weighted by Crippen LogP contribution is -2.52. The van der Waals surface area contributed by atoms with Gasteiger partial charge >= 0.3 is 0 Å². The van der Waals surface area contributed by atoms with Crippen molar-refractivity contribution in [2.75, 3.05) is 13.7 Å². The van der Waals surface area contributed by atoms with Crippen LogP contribution in [-0.4, -0.2) is 25.3 Å². The zero-order valence-corrected chi connectivity index (χ0v) is 11.2. The molecule has 0 aliphatic heterocycles. The Balaban J connectivity index is 1.52. The smallest absolute Gasteiger partial charge is 0.0802 e. The number of methoxy groups -OCH3 is 1. The lowest BCUT2D eigenvalue weighted by atomic mass is 9.78. The second kappa shape index (κ2) is 4.89. The van der Waals surface area contributed by atoms with E-state index in [9.17, 15) is 0 Å². The van der Waals surface area contributed by atoms with E-state index in [2.05, 4.69) is 5.32 Å². The molecule has 2 atom stereocenters. The summed E-state index contributed by atoms with van der Waals surface area (Å²) in [6.07, 6.45) is 12.6. The minimum atomic E-state index is 0.200. The van der Waals surface area contributed by atoms with Crippen molar-refractivity contribution in [3.8, 4) is 0 Å². The van der Waals surface area contributed by atoms with E-state index in [1.54, 1.807) is 0 Å². The first kappa shape index (κ1) is 12.0. The SMILES string of the molecule is COC1(CN[C@@H]2CCCC[C@@H]2C2CC2)CCC1. The molecule has 2 nitrogen and oxygen atoms in total. The van der Waals surface area contributed by atoms with Gasteiger partial charge in [-0.25, -0.2) is 0 Å². The Kier molecular flexibility index (Phi) is 3.45. The van der Waals surface area contributed by atoms with Gasteiger partial charge in [0.2, 0.25) is 0 Å². The summed E-state index contributed by atoms with van der Waals surface area (Å²) < 4.78 is 5.71. The summed E-state index contributed by atoms with van der Waals surface area (Å²) in [5.74, 6) is 2.05. The minimum Gasteiger partial charge on any atom is -0.377 e. The third-order valence-corrected chi connectivity index (χ3v) is 5.43. The zero-order chi connectivity index (χ0) is 11.7. The minimum absolute atomic E-state index is 0.200. The molecule has 0 spiro atoms. The first-order valence-corrected chi connectivity index (χ1v) is 7.61. The van der Waals surface area contributed by atoms with Crippen molar-refractivity contribution < 1.29 is 4.74 Å². The van der Waals surface area contributed by atoms with Gasteiger partial charge in [0.05, 0.1) is 5.60 Å². The monoisotopic (exact) mass is 237 g/mol. The fourth-order valence-corrected chi connectivity index (χ4v) is 3.84. The van der Waals surface area contributed by atoms with E-state index in [0.29, 0.717) is 0 Å². The Morgan fingerprint density at radius 2 is 1.82 bits per heavy atom. The van der Waals surface area contributed by atoms with E-state index < -0.39 is 0 Å². The van der Waals surface area contributed by atoms with E-state index >= 15 is 0 Å². The molecule has 0 aromatic rings. The topological polar surface area (TPSA) is 21.3 Å². The Hall–Kier alpha value is -0.0800. The highest BCUT2D eigenvalue weighted by Crippen LogP contribution is 2.44. The van der Waals surface area contributed by atoms with Crippen LogP contribution in [0.4, 0.5) is 0 Å². The van der Waals surface area contributed by atoms with Gasteiger partial charge in [-0.1, -0.05) is 12.8 Å². The number of hydrogen-bond donors (Lipinski definition) is 1. The summed E-state index contributed by atoms with van der Waals surface area (Å²) in [4.78, 5) is 0. The highest BCUT2D eigenvalue weighted by atomic mass is 16.5. The highest BCUT2D eigenvalue weighted by molar-refractivity contribution is 4.96. The van der Waals surface area contributed by atoms with Gasteiger partial charge in [0.1, 0.15) is 0 Å². The first-order valence-electron chi connectivity index (χ1n) is 7.61. The van der Waals surface area contributed by atoms with Crippen LogP contribution in [0.5, 0.6) is 0 Å². The molecule has 3 rings (SSSR count). The predicted molar refractivity (Wildman–Crippen MR) is 70.1 cm³/mol. The molecular formula is C15H27NO. The van der Waals surface area contributed by atoms with Crippen LogP contribution in [0.2, 0.25) is 0 Å². The highest BCUT2D eigenvalue weighted by Gasteiger charge is 2.41. The van der Waals surface area contributed by atoms with Crippen molar-refractivity contribution in [2.24, 2.45) is 11.8 Å². The van der Waals surface area contributed by atoms with Gasteiger partial charge in [0.15, 0.2) is 0 Å². The molecule has 2 heteroatoms. The molecule has 1 N–H and O–H groups in total. The van der Waals surface area contributed by atoms with Crippen LogP contribution < -0.4 is 5.32 Å². The van der Waals surface area contributed by atoms with E-state index in [1.807, 2.05) is 7.11 Å². The lowest BCUT2D eigenvalue weighted by Gasteiger charge is -2.43. The largest absolute Gasteiger partial charge is 0.377 e. The van der Waals surface area contributed by atoms with Crippen molar-refractivity contribution in [1.29, 1.82) is 0 Å². The molecule has 0 saturated heterocycles. The summed E-state index contributed by atoms with van der Waals surface area (Å²) >= 11 is 0. The number of hydrogen-bond acceptors (Lipinski definition) is 2. The Labute approximate surface area is 105 Å². The fourth-order valence-electron chi connectivity index (χ4n) is 3.84. The van der Waals surface area contributed by atoms with Gasteiger partial charge in [0.25, 0.3) is 0 Å². The van der Waals surface area contributed by atoms with Crippen LogP contribution in [0, 0.1) is 11.8 Å². The molecule has 17 heavy (non-hydrogen) atoms. The number of nitrogens with one attached hydrogen (secondary N) is 1. The Bertz CT molecular complexity index is 252. The Morgan fingerprint density at radius 3 is 2.41 bits per heavy atom. The van der Waals surface area contributed by atoms with Gasteiger partial charge in [-0.05, 0) is 56.8 Å². The van der Waals surface area contributed by atoms with Gasteiger partial charge < -0.3 is 10.1 Å². The molecule has 0 aromatic heterocycles. The molecule has 0 radical (unpaired) electrons. The summed E-state index contributed by atoms with van der Waals surface area (Å²) in [6, 6.07) is 0.795. The summed E-state index contributed by atoms with van der Waals surface area (Å²) in [6.45, 7) is 1.09. The van der Waals surface area contributed by atoms with Crippen LogP contribution in [0.15, 0.2) is 0 Å². The molecule has 3 saturated carbocycles. The fraction of sp³-hybridized carbons (Fsp3) is 1.00. The summed E-state index contributed by atoms with van der Waals surface area (Å²) in [5.41, 5.74) is 0.200. The van der Waals surface area contributed by atoms with E-state index in [4.69, 9.17) is 4.74 Å². The van der Waals surface area contributed by atoms with Crippen molar-refractivity contribution in [3.05, 3.63) is 0 Å². The Morgan fingerprint density at radius 1 is 1.06 bits per heavy atom. The van der Waals surface area contributed by atoms with E-state index in [0.717, 1.165) is 24.4 Å². The maximum absolute atomic E-state index is 5.71. The summed E-state index contributed by atoms with van der Waals surface area (Å²) in [7, 11) is 1.89. The summed E-state index contributed by atoms with van der Waals surface area (Å²) in [5, 5.41) is 3.86. The second-order valence-corrected chi connectivity index (χ2v) is 6.51. The molecule has 0 unspecified atom stereocenters. The van der Waals surface area contributed by atoms with Gasteiger partial charge in [-0.15, -0.1) is 0 Å². The third kappa shape index (κ3) is 2.53. The van der Waals surface area contributed by atoms with Gasteiger partial charge in [0, 0.05) is 19.7 Å². The lowest BCUT2D eigenvalue weighted by molar-refractivity contribution is -0.0726. The van der Waals surface area contributed by atoms with Gasteiger partial charge in [-0.3, -0.25) is 0 Å². The van der Waals surface area contributed by atoms with Crippen LogP contribution in [-0.2, 0) is 4.74 Å². The zero-order valence-electron chi connectivity index (χ0n) is 11.2. The molecule has 98 valence electrons. The molecule has 3 aliphatic carbocycles. The normalized spacial score (nSPS) is 36.5.